The van der Waals surface area contributed by atoms with Crippen LogP contribution in [0, 0.1) is 12.8 Å². The molecule has 3 N–H and O–H groups in total. The van der Waals surface area contributed by atoms with E-state index in [1.165, 1.54) is 10.4 Å². The maximum atomic E-state index is 6.09. The van der Waals surface area contributed by atoms with Crippen LogP contribution in [-0.4, -0.2) is 15.0 Å². The molecule has 0 bridgehead atoms. The second-order valence-corrected chi connectivity index (χ2v) is 9.61. The summed E-state index contributed by atoms with van der Waals surface area (Å²) in [5, 5.41) is 14.8. The third kappa shape index (κ3) is 4.76. The average Bonchev–Trinajstić information content (AvgIpc) is 3.36. The number of nitrogens with one attached hydrogen (secondary N) is 1. The molecule has 2 unspecified atom stereocenters. The Morgan fingerprint density at radius 3 is 2.73 bits per heavy atom. The molecule has 37 heavy (non-hydrogen) atoms. The van der Waals surface area contributed by atoms with Gasteiger partial charge < -0.3 is 15.8 Å². The zero-order chi connectivity index (χ0) is 25.2. The van der Waals surface area contributed by atoms with Crippen LogP contribution in [-0.2, 0) is 0 Å². The lowest BCUT2D eigenvalue weighted by Crippen LogP contribution is -2.18. The first-order valence-electron chi connectivity index (χ1n) is 11.8. The summed E-state index contributed by atoms with van der Waals surface area (Å²) in [5.41, 5.74) is 10.4. The molecule has 6 rings (SSSR count). The standard InChI is InChI=1S/C28H23N7OS/c1-17-15-24(37-16-17)25-20-5-2-3-6-21(20)26(35-34-25)32-18-8-10-19(11-9-18)36-27-22(7-4-13-30-27)23-12-14-31-28(29)33-23/h2-16,20,25,32H,1H3,(H2,29,31,33). The van der Waals surface area contributed by atoms with Crippen molar-refractivity contribution < 1.29 is 4.74 Å². The molecule has 0 radical (unpaired) electrons. The molecule has 0 saturated carbocycles. The van der Waals surface area contributed by atoms with Gasteiger partial charge in [-0.05, 0) is 66.4 Å². The number of rotatable bonds is 6. The average molecular weight is 506 g/mol. The molecule has 1 aliphatic carbocycles. The summed E-state index contributed by atoms with van der Waals surface area (Å²) in [5.74, 6) is 2.16. The van der Waals surface area contributed by atoms with Crippen LogP contribution in [0.4, 0.5) is 11.6 Å². The van der Waals surface area contributed by atoms with E-state index >= 15 is 0 Å². The van der Waals surface area contributed by atoms with Crippen molar-refractivity contribution in [2.24, 2.45) is 16.1 Å². The number of hydrogen-bond acceptors (Lipinski definition) is 9. The van der Waals surface area contributed by atoms with E-state index in [4.69, 9.17) is 10.5 Å². The number of ether oxygens (including phenoxy) is 1. The largest absolute Gasteiger partial charge is 0.438 e. The van der Waals surface area contributed by atoms with E-state index < -0.39 is 0 Å². The molecule has 4 aromatic rings. The van der Waals surface area contributed by atoms with Crippen LogP contribution < -0.4 is 15.8 Å². The number of pyridine rings is 1. The molecule has 0 fully saturated rings. The van der Waals surface area contributed by atoms with Gasteiger partial charge in [0.1, 0.15) is 11.8 Å². The summed E-state index contributed by atoms with van der Waals surface area (Å²) in [6.07, 6.45) is 11.7. The van der Waals surface area contributed by atoms with E-state index in [-0.39, 0.29) is 17.9 Å². The van der Waals surface area contributed by atoms with Crippen molar-refractivity contribution in [3.05, 3.63) is 112 Å². The Morgan fingerprint density at radius 2 is 1.92 bits per heavy atom. The number of aryl methyl sites for hydroxylation is 1. The highest BCUT2D eigenvalue weighted by atomic mass is 32.1. The summed E-state index contributed by atoms with van der Waals surface area (Å²) in [7, 11) is 0. The van der Waals surface area contributed by atoms with Crippen molar-refractivity contribution in [2.75, 3.05) is 11.1 Å². The van der Waals surface area contributed by atoms with Gasteiger partial charge in [-0.15, -0.1) is 16.5 Å². The van der Waals surface area contributed by atoms with Crippen LogP contribution in [0.1, 0.15) is 16.5 Å². The highest BCUT2D eigenvalue weighted by Gasteiger charge is 2.31. The second kappa shape index (κ2) is 9.79. The van der Waals surface area contributed by atoms with E-state index in [9.17, 15) is 0 Å². The predicted molar refractivity (Wildman–Crippen MR) is 145 cm³/mol. The minimum Gasteiger partial charge on any atom is -0.438 e. The Bertz CT molecular complexity index is 1570. The number of nitrogen functional groups attached to an aromatic ring is 1. The number of thiophene rings is 1. The summed E-state index contributed by atoms with van der Waals surface area (Å²) in [6.45, 7) is 2.11. The minimum atomic E-state index is -0.00553. The number of anilines is 2. The molecule has 0 amide bonds. The first kappa shape index (κ1) is 22.8. The first-order chi connectivity index (χ1) is 18.1. The van der Waals surface area contributed by atoms with E-state index in [0.29, 0.717) is 17.3 Å². The topological polar surface area (TPSA) is 111 Å². The SMILES string of the molecule is Cc1csc(C2N=NC(Nc3ccc(Oc4ncccc4-c4ccnc(N)n4)cc3)=C3C=CC=CC32)c1. The molecular weight excluding hydrogens is 482 g/mol. The number of fused-ring (bicyclic) bond motifs is 1. The highest BCUT2D eigenvalue weighted by Crippen LogP contribution is 2.42. The van der Waals surface area contributed by atoms with Crippen LogP contribution >= 0.6 is 11.3 Å². The van der Waals surface area contributed by atoms with Gasteiger partial charge in [-0.1, -0.05) is 24.3 Å². The smallest absolute Gasteiger partial charge is 0.228 e. The molecule has 4 heterocycles. The van der Waals surface area contributed by atoms with Gasteiger partial charge in [-0.25, -0.2) is 15.0 Å². The van der Waals surface area contributed by atoms with Gasteiger partial charge in [0.25, 0.3) is 0 Å². The Balaban J connectivity index is 1.21. The third-order valence-electron chi connectivity index (χ3n) is 6.06. The maximum Gasteiger partial charge on any atom is 0.228 e. The Morgan fingerprint density at radius 1 is 1.03 bits per heavy atom. The molecule has 2 atom stereocenters. The summed E-state index contributed by atoms with van der Waals surface area (Å²) < 4.78 is 6.09. The lowest BCUT2D eigenvalue weighted by atomic mass is 9.86. The predicted octanol–water partition coefficient (Wildman–Crippen LogP) is 6.86. The number of azo groups is 1. The Labute approximate surface area is 218 Å². The van der Waals surface area contributed by atoms with Crippen molar-refractivity contribution in [3.8, 4) is 22.9 Å². The van der Waals surface area contributed by atoms with Crippen LogP contribution in [0.2, 0.25) is 0 Å². The summed E-state index contributed by atoms with van der Waals surface area (Å²) in [6, 6.07) is 15.3. The maximum absolute atomic E-state index is 6.09. The number of hydrogen-bond donors (Lipinski definition) is 2. The molecule has 1 aliphatic heterocycles. The van der Waals surface area contributed by atoms with E-state index in [1.807, 2.05) is 42.5 Å². The molecule has 182 valence electrons. The zero-order valence-corrected chi connectivity index (χ0v) is 20.8. The monoisotopic (exact) mass is 505 g/mol. The fourth-order valence-electron chi connectivity index (χ4n) is 4.30. The number of nitrogens with two attached hydrogens (primary N) is 1. The lowest BCUT2D eigenvalue weighted by molar-refractivity contribution is 0.465. The number of aromatic nitrogens is 3. The molecular formula is C28H23N7OS. The van der Waals surface area contributed by atoms with Gasteiger partial charge in [-0.2, -0.15) is 5.11 Å². The van der Waals surface area contributed by atoms with Crippen LogP contribution in [0.25, 0.3) is 11.3 Å². The van der Waals surface area contributed by atoms with Gasteiger partial charge in [-0.3, -0.25) is 0 Å². The van der Waals surface area contributed by atoms with Gasteiger partial charge in [0, 0.05) is 34.4 Å². The Kier molecular flexibility index (Phi) is 6.03. The quantitative estimate of drug-likeness (QED) is 0.296. The summed E-state index contributed by atoms with van der Waals surface area (Å²) >= 11 is 1.73. The van der Waals surface area contributed by atoms with Crippen molar-refractivity contribution in [2.45, 2.75) is 13.0 Å². The first-order valence-corrected chi connectivity index (χ1v) is 12.7. The molecule has 1 aromatic carbocycles. The molecule has 2 aliphatic rings. The lowest BCUT2D eigenvalue weighted by Gasteiger charge is -2.28. The van der Waals surface area contributed by atoms with Crippen molar-refractivity contribution in [1.29, 1.82) is 0 Å². The van der Waals surface area contributed by atoms with Crippen LogP contribution in [0.5, 0.6) is 11.6 Å². The number of benzene rings is 1. The fraction of sp³-hybridized carbons (Fsp3) is 0.107. The van der Waals surface area contributed by atoms with Crippen LogP contribution in [0.3, 0.4) is 0 Å². The van der Waals surface area contributed by atoms with Gasteiger partial charge in [0.05, 0.1) is 11.3 Å². The highest BCUT2D eigenvalue weighted by molar-refractivity contribution is 7.10. The van der Waals surface area contributed by atoms with Crippen molar-refractivity contribution in [3.63, 3.8) is 0 Å². The molecule has 0 saturated heterocycles. The van der Waals surface area contributed by atoms with E-state index in [1.54, 1.807) is 29.8 Å². The second-order valence-electron chi connectivity index (χ2n) is 8.67. The van der Waals surface area contributed by atoms with Crippen LogP contribution in [0.15, 0.2) is 112 Å². The minimum absolute atomic E-state index is 0.00553. The van der Waals surface area contributed by atoms with E-state index in [0.717, 1.165) is 22.6 Å². The van der Waals surface area contributed by atoms with Gasteiger partial charge in [0.2, 0.25) is 11.8 Å². The molecule has 8 nitrogen and oxygen atoms in total. The number of nitrogens with zero attached hydrogens (tertiary/aromatic N) is 5. The zero-order valence-electron chi connectivity index (χ0n) is 19.9. The molecule has 3 aromatic heterocycles. The summed E-state index contributed by atoms with van der Waals surface area (Å²) in [4.78, 5) is 13.9. The third-order valence-corrected chi connectivity index (χ3v) is 7.18. The van der Waals surface area contributed by atoms with Crippen molar-refractivity contribution in [1.82, 2.24) is 15.0 Å². The van der Waals surface area contributed by atoms with Gasteiger partial charge in [0.15, 0.2) is 5.82 Å². The molecule has 9 heteroatoms. The molecule has 0 spiro atoms. The van der Waals surface area contributed by atoms with Gasteiger partial charge >= 0.3 is 0 Å². The number of allylic oxidation sites excluding steroid dienone is 3. The van der Waals surface area contributed by atoms with E-state index in [2.05, 4.69) is 67.1 Å². The van der Waals surface area contributed by atoms with Crippen molar-refractivity contribution >= 4 is 23.0 Å². The fourth-order valence-corrected chi connectivity index (χ4v) is 5.28. The normalized spacial score (nSPS) is 18.1. The Hall–Kier alpha value is -4.63.